The minimum atomic E-state index is -0.784. The molecule has 0 aliphatic carbocycles. The average molecular weight is 317 g/mol. The molecule has 1 aliphatic heterocycles. The molecule has 0 aromatic heterocycles. The minimum Gasteiger partial charge on any atom is -0.506 e. The Morgan fingerprint density at radius 3 is 2.57 bits per heavy atom. The molecule has 0 bridgehead atoms. The number of hydrogen-bond acceptors (Lipinski definition) is 4. The summed E-state index contributed by atoms with van der Waals surface area (Å²) in [6.07, 6.45) is 0. The van der Waals surface area contributed by atoms with Gasteiger partial charge in [-0.05, 0) is 26.0 Å². The number of carbonyl (C=O) groups excluding carboxylic acids is 1. The molecule has 1 aliphatic rings. The lowest BCUT2D eigenvalue weighted by Gasteiger charge is -2.35. The molecule has 1 fully saturated rings. The minimum absolute atomic E-state index is 0.0115. The van der Waals surface area contributed by atoms with E-state index < -0.39 is 5.54 Å². The first-order chi connectivity index (χ1) is 10.8. The van der Waals surface area contributed by atoms with E-state index in [9.17, 15) is 9.90 Å². The standard InChI is InChI=1S/C17H24N4O2/c1-17(2,13-18)19(3)16(23)12-20-8-10-21(11-9-20)14-6-4-5-7-15(14)22/h4-7,22H,8-12H2,1-3H3/p+1. The lowest BCUT2D eigenvalue weighted by atomic mass is 10.1. The highest BCUT2D eigenvalue weighted by molar-refractivity contribution is 5.78. The number of para-hydroxylation sites is 2. The quantitative estimate of drug-likeness (QED) is 0.811. The molecular formula is C17H25N4O2+. The Hall–Kier alpha value is -2.26. The van der Waals surface area contributed by atoms with E-state index in [1.54, 1.807) is 27.0 Å². The number of piperazine rings is 1. The monoisotopic (exact) mass is 317 g/mol. The maximum atomic E-state index is 12.3. The molecular weight excluding hydrogens is 292 g/mol. The first kappa shape index (κ1) is 17.1. The molecule has 1 saturated heterocycles. The molecule has 23 heavy (non-hydrogen) atoms. The van der Waals surface area contributed by atoms with Gasteiger partial charge in [-0.1, -0.05) is 12.1 Å². The lowest BCUT2D eigenvalue weighted by molar-refractivity contribution is -0.892. The van der Waals surface area contributed by atoms with Crippen LogP contribution in [-0.2, 0) is 4.79 Å². The summed E-state index contributed by atoms with van der Waals surface area (Å²) in [7, 11) is 1.68. The van der Waals surface area contributed by atoms with Crippen molar-refractivity contribution in [2.45, 2.75) is 19.4 Å². The molecule has 1 aromatic carbocycles. The second-order valence-electron chi connectivity index (χ2n) is 6.53. The Morgan fingerprint density at radius 2 is 2.00 bits per heavy atom. The Balaban J connectivity index is 1.89. The molecule has 1 heterocycles. The van der Waals surface area contributed by atoms with Crippen molar-refractivity contribution in [3.05, 3.63) is 24.3 Å². The Labute approximate surface area is 137 Å². The Bertz CT molecular complexity index is 601. The SMILES string of the molecule is CN(C(=O)C[NH+]1CCN(c2ccccc2O)CC1)C(C)(C)C#N. The average Bonchev–Trinajstić information content (AvgIpc) is 2.55. The summed E-state index contributed by atoms with van der Waals surface area (Å²) in [5.74, 6) is 0.282. The second kappa shape index (κ2) is 6.88. The number of nitrogens with one attached hydrogen (secondary N) is 1. The van der Waals surface area contributed by atoms with E-state index in [0.29, 0.717) is 12.3 Å². The van der Waals surface area contributed by atoms with E-state index in [1.807, 2.05) is 18.2 Å². The molecule has 2 rings (SSSR count). The molecule has 6 heteroatoms. The molecule has 1 aromatic rings. The van der Waals surface area contributed by atoms with Crippen molar-refractivity contribution in [2.24, 2.45) is 0 Å². The van der Waals surface area contributed by atoms with Crippen LogP contribution in [0, 0.1) is 11.3 Å². The van der Waals surface area contributed by atoms with Crippen LogP contribution in [0.15, 0.2) is 24.3 Å². The zero-order chi connectivity index (χ0) is 17.0. The van der Waals surface area contributed by atoms with Crippen LogP contribution in [0.25, 0.3) is 0 Å². The molecule has 0 atom stereocenters. The van der Waals surface area contributed by atoms with Crippen LogP contribution in [0.3, 0.4) is 0 Å². The van der Waals surface area contributed by atoms with Gasteiger partial charge in [-0.3, -0.25) is 4.79 Å². The van der Waals surface area contributed by atoms with Gasteiger partial charge in [-0.15, -0.1) is 0 Å². The van der Waals surface area contributed by atoms with Crippen LogP contribution in [-0.4, -0.2) is 61.2 Å². The number of phenols is 1. The van der Waals surface area contributed by atoms with E-state index in [1.165, 1.54) is 9.80 Å². The highest BCUT2D eigenvalue weighted by atomic mass is 16.3. The molecule has 0 spiro atoms. The first-order valence-corrected chi connectivity index (χ1v) is 7.89. The van der Waals surface area contributed by atoms with Crippen molar-refractivity contribution in [2.75, 3.05) is 44.7 Å². The topological polar surface area (TPSA) is 72.0 Å². The second-order valence-corrected chi connectivity index (χ2v) is 6.53. The van der Waals surface area contributed by atoms with E-state index in [0.717, 1.165) is 31.9 Å². The summed E-state index contributed by atoms with van der Waals surface area (Å²) in [6.45, 7) is 7.15. The van der Waals surface area contributed by atoms with Gasteiger partial charge in [0, 0.05) is 7.05 Å². The fourth-order valence-electron chi connectivity index (χ4n) is 2.69. The summed E-state index contributed by atoms with van der Waals surface area (Å²) in [4.78, 5) is 17.2. The number of hydrogen-bond donors (Lipinski definition) is 2. The third-order valence-corrected chi connectivity index (χ3v) is 4.58. The van der Waals surface area contributed by atoms with E-state index in [2.05, 4.69) is 11.0 Å². The van der Waals surface area contributed by atoms with E-state index in [4.69, 9.17) is 5.26 Å². The van der Waals surface area contributed by atoms with Gasteiger partial charge >= 0.3 is 0 Å². The number of quaternary nitrogens is 1. The van der Waals surface area contributed by atoms with Gasteiger partial charge in [0.05, 0.1) is 37.9 Å². The van der Waals surface area contributed by atoms with Crippen LogP contribution in [0.2, 0.25) is 0 Å². The zero-order valence-electron chi connectivity index (χ0n) is 14.0. The van der Waals surface area contributed by atoms with Gasteiger partial charge in [0.25, 0.3) is 5.91 Å². The maximum Gasteiger partial charge on any atom is 0.278 e. The van der Waals surface area contributed by atoms with E-state index in [-0.39, 0.29) is 5.91 Å². The number of nitrogens with zero attached hydrogens (tertiary/aromatic N) is 3. The summed E-state index contributed by atoms with van der Waals surface area (Å²) in [6, 6.07) is 9.48. The normalized spacial score (nSPS) is 16.0. The van der Waals surface area contributed by atoms with Crippen LogP contribution >= 0.6 is 0 Å². The largest absolute Gasteiger partial charge is 0.506 e. The van der Waals surface area contributed by atoms with Gasteiger partial charge in [0.1, 0.15) is 11.3 Å². The van der Waals surface area contributed by atoms with Gasteiger partial charge in [-0.25, -0.2) is 0 Å². The van der Waals surface area contributed by atoms with Crippen molar-refractivity contribution in [1.29, 1.82) is 5.26 Å². The first-order valence-electron chi connectivity index (χ1n) is 7.89. The third kappa shape index (κ3) is 3.93. The molecule has 124 valence electrons. The highest BCUT2D eigenvalue weighted by Crippen LogP contribution is 2.25. The number of nitriles is 1. The number of rotatable bonds is 4. The van der Waals surface area contributed by atoms with Gasteiger partial charge < -0.3 is 19.8 Å². The van der Waals surface area contributed by atoms with Crippen LogP contribution in [0.4, 0.5) is 5.69 Å². The number of carbonyl (C=O) groups is 1. The van der Waals surface area contributed by atoms with Crippen molar-refractivity contribution in [3.63, 3.8) is 0 Å². The van der Waals surface area contributed by atoms with Gasteiger partial charge in [0.15, 0.2) is 6.54 Å². The van der Waals surface area contributed by atoms with Gasteiger partial charge in [-0.2, -0.15) is 5.26 Å². The van der Waals surface area contributed by atoms with Crippen molar-refractivity contribution in [1.82, 2.24) is 4.90 Å². The highest BCUT2D eigenvalue weighted by Gasteiger charge is 2.31. The van der Waals surface area contributed by atoms with Crippen molar-refractivity contribution < 1.29 is 14.8 Å². The lowest BCUT2D eigenvalue weighted by Crippen LogP contribution is -3.16. The van der Waals surface area contributed by atoms with Crippen LogP contribution < -0.4 is 9.80 Å². The van der Waals surface area contributed by atoms with Crippen molar-refractivity contribution in [3.8, 4) is 11.8 Å². The smallest absolute Gasteiger partial charge is 0.278 e. The number of aromatic hydroxyl groups is 1. The molecule has 1 amide bonds. The molecule has 0 radical (unpaired) electrons. The summed E-state index contributed by atoms with van der Waals surface area (Å²) in [5.41, 5.74) is 0.0642. The molecule has 0 saturated carbocycles. The number of amides is 1. The third-order valence-electron chi connectivity index (χ3n) is 4.58. The summed E-state index contributed by atoms with van der Waals surface area (Å²) in [5, 5.41) is 19.0. The number of anilines is 1. The Morgan fingerprint density at radius 1 is 1.39 bits per heavy atom. The maximum absolute atomic E-state index is 12.3. The fourth-order valence-corrected chi connectivity index (χ4v) is 2.69. The number of benzene rings is 1. The molecule has 6 nitrogen and oxygen atoms in total. The van der Waals surface area contributed by atoms with Crippen molar-refractivity contribution >= 4 is 11.6 Å². The van der Waals surface area contributed by atoms with Crippen LogP contribution in [0.5, 0.6) is 5.75 Å². The van der Waals surface area contributed by atoms with Gasteiger partial charge in [0.2, 0.25) is 0 Å². The van der Waals surface area contributed by atoms with Crippen LogP contribution in [0.1, 0.15) is 13.8 Å². The van der Waals surface area contributed by atoms with E-state index >= 15 is 0 Å². The summed E-state index contributed by atoms with van der Waals surface area (Å²) < 4.78 is 0. The predicted molar refractivity (Wildman–Crippen MR) is 88.3 cm³/mol. The predicted octanol–water partition coefficient (Wildman–Crippen LogP) is -0.142. The fraction of sp³-hybridized carbons (Fsp3) is 0.529. The number of phenolic OH excluding ortho intramolecular Hbond substituents is 1. The summed E-state index contributed by atoms with van der Waals surface area (Å²) >= 11 is 0. The molecule has 2 N–H and O–H groups in total. The zero-order valence-corrected chi connectivity index (χ0v) is 14.0. The molecule has 0 unspecified atom stereocenters. The number of likely N-dealkylation sites (N-methyl/N-ethyl adjacent to an activating group) is 1. The Kier molecular flexibility index (Phi) is 5.12.